The minimum absolute atomic E-state index is 0.236. The summed E-state index contributed by atoms with van der Waals surface area (Å²) in [5, 5.41) is 14.4. The smallest absolute Gasteiger partial charge is 0.260 e. The van der Waals surface area contributed by atoms with Crippen LogP contribution in [0.4, 0.5) is 5.69 Å². The largest absolute Gasteiger partial charge is 0.351 e. The van der Waals surface area contributed by atoms with E-state index in [4.69, 9.17) is 0 Å². The fourth-order valence-corrected chi connectivity index (χ4v) is 5.11. The minimum atomic E-state index is -0.313. The average Bonchev–Trinajstić information content (AvgIpc) is 3.59. The molecule has 0 spiro atoms. The maximum absolute atomic E-state index is 13.1. The topological polar surface area (TPSA) is 109 Å². The van der Waals surface area contributed by atoms with E-state index in [-0.39, 0.29) is 11.8 Å². The lowest BCUT2D eigenvalue weighted by atomic mass is 10.1. The van der Waals surface area contributed by atoms with E-state index in [0.717, 1.165) is 34.7 Å². The summed E-state index contributed by atoms with van der Waals surface area (Å²) in [5.74, 6) is -0.549. The number of carbonyl (C=O) groups excluding carboxylic acids is 2. The van der Waals surface area contributed by atoms with Crippen molar-refractivity contribution < 1.29 is 9.59 Å². The van der Waals surface area contributed by atoms with Crippen molar-refractivity contribution in [3.63, 3.8) is 0 Å². The molecule has 0 radical (unpaired) electrons. The van der Waals surface area contributed by atoms with E-state index in [9.17, 15) is 9.59 Å². The molecule has 0 aliphatic heterocycles. The maximum Gasteiger partial charge on any atom is 0.260 e. The van der Waals surface area contributed by atoms with Gasteiger partial charge in [-0.3, -0.25) is 19.3 Å². The summed E-state index contributed by atoms with van der Waals surface area (Å²) in [7, 11) is 3.91. The van der Waals surface area contributed by atoms with Crippen LogP contribution in [0.15, 0.2) is 49.7 Å². The Bertz CT molecular complexity index is 1420. The Hall–Kier alpha value is -3.83. The molecule has 0 saturated carbocycles. The minimum Gasteiger partial charge on any atom is -0.351 e. The van der Waals surface area contributed by atoms with Gasteiger partial charge in [-0.1, -0.05) is 13.0 Å². The van der Waals surface area contributed by atoms with Gasteiger partial charge in [0.1, 0.15) is 4.83 Å². The van der Waals surface area contributed by atoms with Gasteiger partial charge in [-0.05, 0) is 32.9 Å². The summed E-state index contributed by atoms with van der Waals surface area (Å²) < 4.78 is 3.42. The van der Waals surface area contributed by atoms with E-state index in [1.54, 1.807) is 34.6 Å². The third-order valence-corrected chi connectivity index (χ3v) is 7.47. The van der Waals surface area contributed by atoms with Gasteiger partial charge >= 0.3 is 0 Å². The molecule has 10 nitrogen and oxygen atoms in total. The molecule has 11 heteroatoms. The fraction of sp³-hybridized carbons (Fsp3) is 0.346. The van der Waals surface area contributed by atoms with Gasteiger partial charge in [0.15, 0.2) is 0 Å². The van der Waals surface area contributed by atoms with Gasteiger partial charge in [-0.2, -0.15) is 10.2 Å². The first-order chi connectivity index (χ1) is 17.8. The molecule has 0 saturated heterocycles. The summed E-state index contributed by atoms with van der Waals surface area (Å²) in [6, 6.07) is 2.05. The number of nitrogens with zero attached hydrogens (tertiary/aromatic N) is 6. The van der Waals surface area contributed by atoms with Crippen LogP contribution in [0.1, 0.15) is 46.2 Å². The Kier molecular flexibility index (Phi) is 8.14. The van der Waals surface area contributed by atoms with Gasteiger partial charge < -0.3 is 15.5 Å². The number of fused-ring (bicyclic) bond motifs is 1. The van der Waals surface area contributed by atoms with E-state index in [2.05, 4.69) is 44.2 Å². The summed E-state index contributed by atoms with van der Waals surface area (Å²) >= 11 is 1.46. The molecule has 194 valence electrons. The van der Waals surface area contributed by atoms with E-state index < -0.39 is 0 Å². The normalized spacial score (nSPS) is 12.1. The van der Waals surface area contributed by atoms with Crippen molar-refractivity contribution in [3.05, 3.63) is 66.5 Å². The first kappa shape index (κ1) is 26.2. The number of nitrogens with one attached hydrogen (secondary N) is 2. The first-order valence-corrected chi connectivity index (χ1v) is 13.0. The van der Waals surface area contributed by atoms with Crippen molar-refractivity contribution in [3.8, 4) is 10.4 Å². The lowest BCUT2D eigenvalue weighted by molar-refractivity contribution is 0.0945. The molecule has 0 fully saturated rings. The van der Waals surface area contributed by atoms with Crippen molar-refractivity contribution in [1.82, 2.24) is 34.6 Å². The number of aromatic nitrogens is 5. The van der Waals surface area contributed by atoms with Gasteiger partial charge in [-0.25, -0.2) is 4.52 Å². The molecule has 0 aliphatic carbocycles. The van der Waals surface area contributed by atoms with E-state index in [0.29, 0.717) is 35.1 Å². The van der Waals surface area contributed by atoms with Crippen molar-refractivity contribution in [1.29, 1.82) is 0 Å². The molecule has 37 heavy (non-hydrogen) atoms. The molecule has 1 atom stereocenters. The van der Waals surface area contributed by atoms with Crippen LogP contribution in [0.2, 0.25) is 0 Å². The zero-order valence-corrected chi connectivity index (χ0v) is 22.4. The number of carbonyl (C=O) groups is 2. The summed E-state index contributed by atoms with van der Waals surface area (Å²) in [4.78, 5) is 34.1. The van der Waals surface area contributed by atoms with Crippen molar-refractivity contribution >= 4 is 33.7 Å². The highest BCUT2D eigenvalue weighted by atomic mass is 32.1. The predicted molar refractivity (Wildman–Crippen MR) is 146 cm³/mol. The van der Waals surface area contributed by atoms with Crippen LogP contribution in [0.5, 0.6) is 0 Å². The number of thiazole rings is 1. The summed E-state index contributed by atoms with van der Waals surface area (Å²) in [6.45, 7) is 8.98. The van der Waals surface area contributed by atoms with Crippen LogP contribution < -0.4 is 10.6 Å². The second-order valence-corrected chi connectivity index (χ2v) is 9.97. The zero-order chi connectivity index (χ0) is 26.5. The van der Waals surface area contributed by atoms with Crippen molar-refractivity contribution in [2.75, 3.05) is 25.5 Å². The molecule has 0 bridgehead atoms. The first-order valence-electron chi connectivity index (χ1n) is 12.1. The predicted octanol–water partition coefficient (Wildman–Crippen LogP) is 3.77. The van der Waals surface area contributed by atoms with Gasteiger partial charge in [0.2, 0.25) is 0 Å². The van der Waals surface area contributed by atoms with Crippen LogP contribution in [0.3, 0.4) is 0 Å². The Morgan fingerprint density at radius 3 is 2.73 bits per heavy atom. The third-order valence-electron chi connectivity index (χ3n) is 6.31. The molecule has 4 aromatic rings. The number of likely N-dealkylation sites (N-methyl/N-ethyl adjacent to an activating group) is 1. The summed E-state index contributed by atoms with van der Waals surface area (Å²) in [6.07, 6.45) is 12.5. The van der Waals surface area contributed by atoms with Crippen LogP contribution in [0.25, 0.3) is 15.3 Å². The molecule has 2 N–H and O–H groups in total. The SMILES string of the molecule is C=CCC(CC)N(C)CCNC(=O)c1cnc(C)c(NC(=O)c2cnn3cc(-c4cnn(C)c4)sc23)c1. The maximum atomic E-state index is 13.1. The summed E-state index contributed by atoms with van der Waals surface area (Å²) in [5.41, 5.74) is 2.89. The molecule has 4 heterocycles. The number of hydrogen-bond acceptors (Lipinski definition) is 7. The Morgan fingerprint density at radius 2 is 2.03 bits per heavy atom. The molecular weight excluding hydrogens is 488 g/mol. The Balaban J connectivity index is 1.43. The number of aryl methyl sites for hydroxylation is 2. The highest BCUT2D eigenvalue weighted by Gasteiger charge is 2.19. The number of anilines is 1. The lowest BCUT2D eigenvalue weighted by Gasteiger charge is -2.26. The van der Waals surface area contributed by atoms with E-state index >= 15 is 0 Å². The molecular formula is C26H32N8O2S. The molecule has 0 aliphatic rings. The second-order valence-electron chi connectivity index (χ2n) is 8.94. The molecule has 4 aromatic heterocycles. The highest BCUT2D eigenvalue weighted by Crippen LogP contribution is 2.30. The van der Waals surface area contributed by atoms with Crippen LogP contribution in [0, 0.1) is 6.92 Å². The zero-order valence-electron chi connectivity index (χ0n) is 21.6. The molecule has 0 aromatic carbocycles. The number of hydrogen-bond donors (Lipinski definition) is 2. The van der Waals surface area contributed by atoms with Gasteiger partial charge in [0, 0.05) is 50.3 Å². The Labute approximate surface area is 220 Å². The van der Waals surface area contributed by atoms with Gasteiger partial charge in [0.25, 0.3) is 11.8 Å². The number of pyridine rings is 1. The van der Waals surface area contributed by atoms with Gasteiger partial charge in [0.05, 0.1) is 39.8 Å². The monoisotopic (exact) mass is 520 g/mol. The van der Waals surface area contributed by atoms with Crippen LogP contribution in [-0.4, -0.2) is 67.3 Å². The van der Waals surface area contributed by atoms with E-state index in [1.165, 1.54) is 17.5 Å². The van der Waals surface area contributed by atoms with Crippen molar-refractivity contribution in [2.24, 2.45) is 7.05 Å². The molecule has 4 rings (SSSR count). The number of rotatable bonds is 11. The fourth-order valence-electron chi connectivity index (χ4n) is 4.08. The molecule has 2 amide bonds. The second kappa shape index (κ2) is 11.5. The standard InChI is InChI=1S/C26H32N8O2S/c1-6-8-20(7-2)32(4)10-9-27-24(35)18-11-22(17(3)28-12-18)31-25(36)21-14-30-34-16-23(37-26(21)34)19-13-29-33(5)15-19/h6,11-16,20H,1,7-10H2,2-5H3,(H,27,35)(H,31,36). The number of amides is 2. The lowest BCUT2D eigenvalue weighted by Crippen LogP contribution is -2.38. The van der Waals surface area contributed by atoms with Crippen molar-refractivity contribution in [2.45, 2.75) is 32.7 Å². The third kappa shape index (κ3) is 5.95. The Morgan fingerprint density at radius 1 is 1.22 bits per heavy atom. The molecule has 1 unspecified atom stereocenters. The van der Waals surface area contributed by atoms with Gasteiger partial charge in [-0.15, -0.1) is 17.9 Å². The van der Waals surface area contributed by atoms with E-state index in [1.807, 2.05) is 32.6 Å². The van der Waals surface area contributed by atoms with Crippen LogP contribution >= 0.6 is 11.3 Å². The average molecular weight is 521 g/mol. The quantitative estimate of drug-likeness (QED) is 0.292. The van der Waals surface area contributed by atoms with Crippen LogP contribution in [-0.2, 0) is 7.05 Å². The highest BCUT2D eigenvalue weighted by molar-refractivity contribution is 7.21.